The molecular weight excluding hydrogens is 309 g/mol. The summed E-state index contributed by atoms with van der Waals surface area (Å²) in [6, 6.07) is 7.21. The van der Waals surface area contributed by atoms with Crippen LogP contribution in [0.5, 0.6) is 0 Å². The van der Waals surface area contributed by atoms with Gasteiger partial charge in [-0.25, -0.2) is 9.18 Å². The predicted molar refractivity (Wildman–Crippen MR) is 83.7 cm³/mol. The summed E-state index contributed by atoms with van der Waals surface area (Å²) in [5.41, 5.74) is 1.25. The van der Waals surface area contributed by atoms with Crippen LogP contribution in [0.1, 0.15) is 5.69 Å². The SMILES string of the molecule is Cc1ccc(NCCNC(=O)Nc2ccc(F)c(Cl)c2)nn1. The molecule has 2 aromatic rings. The third kappa shape index (κ3) is 4.85. The predicted octanol–water partition coefficient (Wildman–Crippen LogP) is 2.81. The van der Waals surface area contributed by atoms with Crippen LogP contribution in [-0.2, 0) is 0 Å². The summed E-state index contributed by atoms with van der Waals surface area (Å²) in [6.07, 6.45) is 0. The molecule has 0 aliphatic rings. The number of carbonyl (C=O) groups excluding carboxylic acids is 1. The number of nitrogens with zero attached hydrogens (tertiary/aromatic N) is 2. The van der Waals surface area contributed by atoms with E-state index >= 15 is 0 Å². The van der Waals surface area contributed by atoms with E-state index in [1.807, 2.05) is 19.1 Å². The summed E-state index contributed by atoms with van der Waals surface area (Å²) < 4.78 is 13.0. The molecule has 2 amide bonds. The van der Waals surface area contributed by atoms with Crippen LogP contribution in [-0.4, -0.2) is 29.3 Å². The average Bonchev–Trinajstić information content (AvgIpc) is 2.49. The van der Waals surface area contributed by atoms with Gasteiger partial charge in [0.25, 0.3) is 0 Å². The van der Waals surface area contributed by atoms with Crippen LogP contribution in [0.15, 0.2) is 30.3 Å². The standard InChI is InChI=1S/C14H15ClFN5O/c1-9-2-5-13(21-20-9)17-6-7-18-14(22)19-10-3-4-12(16)11(15)8-10/h2-5,8H,6-7H2,1H3,(H,17,21)(H2,18,19,22). The maximum Gasteiger partial charge on any atom is 0.319 e. The molecular formula is C14H15ClFN5O. The van der Waals surface area contributed by atoms with Crippen molar-refractivity contribution in [2.24, 2.45) is 0 Å². The van der Waals surface area contributed by atoms with Gasteiger partial charge in [-0.05, 0) is 37.3 Å². The summed E-state index contributed by atoms with van der Waals surface area (Å²) in [7, 11) is 0. The van der Waals surface area contributed by atoms with Crippen molar-refractivity contribution in [1.82, 2.24) is 15.5 Å². The lowest BCUT2D eigenvalue weighted by atomic mass is 10.3. The Hall–Kier alpha value is -2.41. The van der Waals surface area contributed by atoms with Gasteiger partial charge in [0, 0.05) is 18.8 Å². The molecule has 116 valence electrons. The first kappa shape index (κ1) is 16.0. The quantitative estimate of drug-likeness (QED) is 0.739. The molecule has 0 bridgehead atoms. The van der Waals surface area contributed by atoms with Crippen LogP contribution >= 0.6 is 11.6 Å². The van der Waals surface area contributed by atoms with Crippen LogP contribution in [0.25, 0.3) is 0 Å². The van der Waals surface area contributed by atoms with Gasteiger partial charge in [0.05, 0.1) is 10.7 Å². The van der Waals surface area contributed by atoms with E-state index < -0.39 is 11.8 Å². The van der Waals surface area contributed by atoms with E-state index in [1.165, 1.54) is 18.2 Å². The van der Waals surface area contributed by atoms with Crippen molar-refractivity contribution < 1.29 is 9.18 Å². The highest BCUT2D eigenvalue weighted by Gasteiger charge is 2.04. The number of anilines is 2. The molecule has 8 heteroatoms. The van der Waals surface area contributed by atoms with Crippen LogP contribution in [0.2, 0.25) is 5.02 Å². The first-order chi connectivity index (χ1) is 10.5. The van der Waals surface area contributed by atoms with Gasteiger partial charge in [-0.2, -0.15) is 5.10 Å². The maximum atomic E-state index is 13.0. The lowest BCUT2D eigenvalue weighted by Crippen LogP contribution is -2.32. The van der Waals surface area contributed by atoms with Gasteiger partial charge >= 0.3 is 6.03 Å². The van der Waals surface area contributed by atoms with E-state index in [-0.39, 0.29) is 5.02 Å². The maximum absolute atomic E-state index is 13.0. The summed E-state index contributed by atoms with van der Waals surface area (Å²) in [6.45, 7) is 2.73. The molecule has 0 radical (unpaired) electrons. The number of benzene rings is 1. The van der Waals surface area contributed by atoms with Gasteiger partial charge in [-0.1, -0.05) is 11.6 Å². The van der Waals surface area contributed by atoms with Gasteiger partial charge in [-0.15, -0.1) is 5.10 Å². The Labute approximate surface area is 132 Å². The monoisotopic (exact) mass is 323 g/mol. The minimum Gasteiger partial charge on any atom is -0.367 e. The Bertz CT molecular complexity index is 650. The first-order valence-corrected chi connectivity index (χ1v) is 6.96. The van der Waals surface area contributed by atoms with Crippen molar-refractivity contribution in [2.45, 2.75) is 6.92 Å². The Kier molecular flexibility index (Phi) is 5.48. The van der Waals surface area contributed by atoms with Crippen LogP contribution in [0.4, 0.5) is 20.7 Å². The van der Waals surface area contributed by atoms with Gasteiger partial charge in [0.15, 0.2) is 0 Å². The fourth-order valence-electron chi connectivity index (χ4n) is 1.61. The van der Waals surface area contributed by atoms with Crippen molar-refractivity contribution in [3.05, 3.63) is 46.9 Å². The summed E-state index contributed by atoms with van der Waals surface area (Å²) >= 11 is 5.63. The lowest BCUT2D eigenvalue weighted by molar-refractivity contribution is 0.252. The molecule has 0 saturated heterocycles. The first-order valence-electron chi connectivity index (χ1n) is 6.59. The van der Waals surface area contributed by atoms with E-state index in [2.05, 4.69) is 26.1 Å². The molecule has 1 heterocycles. The number of aromatic nitrogens is 2. The third-order valence-electron chi connectivity index (χ3n) is 2.69. The number of aryl methyl sites for hydroxylation is 1. The van der Waals surface area contributed by atoms with E-state index in [4.69, 9.17) is 11.6 Å². The number of rotatable bonds is 5. The number of hydrogen-bond acceptors (Lipinski definition) is 4. The summed E-state index contributed by atoms with van der Waals surface area (Å²) in [5.74, 6) is 0.106. The molecule has 1 aromatic heterocycles. The largest absolute Gasteiger partial charge is 0.367 e. The topological polar surface area (TPSA) is 78.9 Å². The highest BCUT2D eigenvalue weighted by molar-refractivity contribution is 6.31. The lowest BCUT2D eigenvalue weighted by Gasteiger charge is -2.09. The molecule has 0 aliphatic carbocycles. The molecule has 1 aromatic carbocycles. The highest BCUT2D eigenvalue weighted by Crippen LogP contribution is 2.19. The van der Waals surface area contributed by atoms with Crippen LogP contribution in [0.3, 0.4) is 0 Å². The minimum atomic E-state index is -0.531. The van der Waals surface area contributed by atoms with Crippen molar-refractivity contribution >= 4 is 29.1 Å². The van der Waals surface area contributed by atoms with Crippen molar-refractivity contribution in [1.29, 1.82) is 0 Å². The zero-order valence-corrected chi connectivity index (χ0v) is 12.6. The number of amides is 2. The molecule has 0 saturated carbocycles. The fourth-order valence-corrected chi connectivity index (χ4v) is 1.79. The molecule has 6 nitrogen and oxygen atoms in total. The van der Waals surface area contributed by atoms with E-state index in [0.717, 1.165) is 5.69 Å². The van der Waals surface area contributed by atoms with Crippen molar-refractivity contribution in [2.75, 3.05) is 23.7 Å². The second-order valence-corrected chi connectivity index (χ2v) is 4.90. The Morgan fingerprint density at radius 3 is 2.73 bits per heavy atom. The Morgan fingerprint density at radius 1 is 1.23 bits per heavy atom. The number of carbonyl (C=O) groups is 1. The second kappa shape index (κ2) is 7.56. The van der Waals surface area contributed by atoms with Crippen molar-refractivity contribution in [3.63, 3.8) is 0 Å². The Balaban J connectivity index is 1.71. The van der Waals surface area contributed by atoms with E-state index in [9.17, 15) is 9.18 Å². The molecule has 0 fully saturated rings. The van der Waals surface area contributed by atoms with Gasteiger partial charge < -0.3 is 16.0 Å². The number of hydrogen-bond donors (Lipinski definition) is 3. The molecule has 0 aliphatic heterocycles. The second-order valence-electron chi connectivity index (χ2n) is 4.50. The van der Waals surface area contributed by atoms with E-state index in [0.29, 0.717) is 24.6 Å². The van der Waals surface area contributed by atoms with Gasteiger partial charge in [0.1, 0.15) is 11.6 Å². The smallest absolute Gasteiger partial charge is 0.319 e. The van der Waals surface area contributed by atoms with Gasteiger partial charge in [-0.3, -0.25) is 0 Å². The normalized spacial score (nSPS) is 10.1. The Morgan fingerprint density at radius 2 is 2.05 bits per heavy atom. The number of urea groups is 1. The van der Waals surface area contributed by atoms with Crippen LogP contribution in [0, 0.1) is 12.7 Å². The average molecular weight is 324 g/mol. The number of nitrogens with one attached hydrogen (secondary N) is 3. The van der Waals surface area contributed by atoms with Crippen LogP contribution < -0.4 is 16.0 Å². The number of halogens is 2. The molecule has 3 N–H and O–H groups in total. The van der Waals surface area contributed by atoms with Gasteiger partial charge in [0.2, 0.25) is 0 Å². The molecule has 0 atom stereocenters. The highest BCUT2D eigenvalue weighted by atomic mass is 35.5. The summed E-state index contributed by atoms with van der Waals surface area (Å²) in [5, 5.41) is 16.0. The van der Waals surface area contributed by atoms with E-state index in [1.54, 1.807) is 0 Å². The third-order valence-corrected chi connectivity index (χ3v) is 2.98. The molecule has 0 spiro atoms. The molecule has 0 unspecified atom stereocenters. The zero-order chi connectivity index (χ0) is 15.9. The summed E-state index contributed by atoms with van der Waals surface area (Å²) in [4.78, 5) is 11.6. The molecule has 2 rings (SSSR count). The zero-order valence-electron chi connectivity index (χ0n) is 11.9. The molecule has 22 heavy (non-hydrogen) atoms. The minimum absolute atomic E-state index is 0.0441. The fraction of sp³-hybridized carbons (Fsp3) is 0.214. The van der Waals surface area contributed by atoms with Crippen molar-refractivity contribution in [3.8, 4) is 0 Å².